The molecule has 0 radical (unpaired) electrons. The Labute approximate surface area is 86.9 Å². The first-order valence-corrected chi connectivity index (χ1v) is 5.79. The summed E-state index contributed by atoms with van der Waals surface area (Å²) in [5, 5.41) is 8.79. The van der Waals surface area contributed by atoms with Crippen molar-refractivity contribution in [2.24, 2.45) is 0 Å². The van der Waals surface area contributed by atoms with E-state index in [1.54, 1.807) is 0 Å². The molecule has 0 aliphatic carbocycles. The highest BCUT2D eigenvalue weighted by atomic mass is 32.2. The molecule has 0 aromatic carbocycles. The molecular formula is C9H13N3OS. The largest absolute Gasteiger partial charge is 0.396 e. The van der Waals surface area contributed by atoms with Gasteiger partial charge in [0.15, 0.2) is 0 Å². The zero-order valence-corrected chi connectivity index (χ0v) is 8.68. The highest BCUT2D eigenvalue weighted by molar-refractivity contribution is 7.98. The van der Waals surface area contributed by atoms with Crippen LogP contribution in [0, 0.1) is 0 Å². The molecule has 0 amide bonds. The van der Waals surface area contributed by atoms with Crippen molar-refractivity contribution < 1.29 is 5.11 Å². The van der Waals surface area contributed by atoms with Gasteiger partial charge in [0.2, 0.25) is 0 Å². The van der Waals surface area contributed by atoms with E-state index in [1.165, 1.54) is 0 Å². The van der Waals surface area contributed by atoms with Crippen LogP contribution >= 0.6 is 11.8 Å². The summed E-state index contributed by atoms with van der Waals surface area (Å²) in [6.07, 6.45) is 1.45. The van der Waals surface area contributed by atoms with Crippen molar-refractivity contribution in [3.05, 3.63) is 17.1 Å². The van der Waals surface area contributed by atoms with Gasteiger partial charge in [-0.05, 0) is 12.2 Å². The summed E-state index contributed by atoms with van der Waals surface area (Å²) in [7, 11) is 0. The number of aliphatic hydroxyl groups is 1. The lowest BCUT2D eigenvalue weighted by molar-refractivity contribution is 0.296. The van der Waals surface area contributed by atoms with Gasteiger partial charge in [0, 0.05) is 17.7 Å². The predicted octanol–water partition coefficient (Wildman–Crippen LogP) is 0.383. The van der Waals surface area contributed by atoms with Crippen molar-refractivity contribution in [3.63, 3.8) is 0 Å². The first-order valence-electron chi connectivity index (χ1n) is 4.64. The lowest BCUT2D eigenvalue weighted by Gasteiger charge is -2.16. The molecule has 1 aliphatic heterocycles. The Balaban J connectivity index is 2.36. The van der Waals surface area contributed by atoms with Crippen LogP contribution in [0.25, 0.3) is 0 Å². The third kappa shape index (κ3) is 1.83. The first-order chi connectivity index (χ1) is 6.81. The van der Waals surface area contributed by atoms with E-state index in [0.29, 0.717) is 18.1 Å². The summed E-state index contributed by atoms with van der Waals surface area (Å²) >= 11 is 1.86. The topological polar surface area (TPSA) is 72.0 Å². The fraction of sp³-hybridized carbons (Fsp3) is 0.556. The minimum atomic E-state index is 0.0748. The number of aliphatic hydroxyl groups excluding tert-OH is 1. The number of nitrogens with two attached hydrogens (primary N) is 1. The molecule has 2 rings (SSSR count). The minimum absolute atomic E-state index is 0.0748. The molecule has 3 N–H and O–H groups in total. The molecule has 0 saturated carbocycles. The molecule has 0 fully saturated rings. The number of fused-ring (bicyclic) bond motifs is 1. The van der Waals surface area contributed by atoms with Gasteiger partial charge in [-0.1, -0.05) is 0 Å². The number of thioether (sulfide) groups is 1. The molecule has 0 saturated heterocycles. The molecule has 0 spiro atoms. The number of hydrogen-bond acceptors (Lipinski definition) is 5. The maximum atomic E-state index is 8.79. The van der Waals surface area contributed by atoms with Crippen LogP contribution in [-0.2, 0) is 18.6 Å². The smallest absolute Gasteiger partial charge is 0.133 e. The summed E-state index contributed by atoms with van der Waals surface area (Å²) in [5.41, 5.74) is 7.99. The summed E-state index contributed by atoms with van der Waals surface area (Å²) < 4.78 is 0. The van der Waals surface area contributed by atoms with E-state index in [0.717, 1.165) is 29.2 Å². The minimum Gasteiger partial charge on any atom is -0.396 e. The molecule has 5 heteroatoms. The molecule has 1 aromatic heterocycles. The van der Waals surface area contributed by atoms with Gasteiger partial charge in [-0.2, -0.15) is 11.8 Å². The first kappa shape index (κ1) is 9.73. The zero-order valence-electron chi connectivity index (χ0n) is 7.86. The highest BCUT2D eigenvalue weighted by Crippen LogP contribution is 2.26. The van der Waals surface area contributed by atoms with Gasteiger partial charge < -0.3 is 10.8 Å². The van der Waals surface area contributed by atoms with E-state index < -0.39 is 0 Å². The molecule has 0 unspecified atom stereocenters. The zero-order chi connectivity index (χ0) is 9.97. The van der Waals surface area contributed by atoms with Gasteiger partial charge in [-0.15, -0.1) is 0 Å². The van der Waals surface area contributed by atoms with Gasteiger partial charge in [-0.3, -0.25) is 0 Å². The van der Waals surface area contributed by atoms with Crippen LogP contribution in [0.15, 0.2) is 0 Å². The fourth-order valence-electron chi connectivity index (χ4n) is 1.55. The van der Waals surface area contributed by atoms with E-state index in [2.05, 4.69) is 9.97 Å². The number of nitrogen functional groups attached to an aromatic ring is 1. The van der Waals surface area contributed by atoms with E-state index in [1.807, 2.05) is 11.8 Å². The number of hydrogen-bond donors (Lipinski definition) is 2. The summed E-state index contributed by atoms with van der Waals surface area (Å²) in [6.45, 7) is 0.0748. The number of nitrogens with zero attached hydrogens (tertiary/aromatic N) is 2. The third-order valence-corrected chi connectivity index (χ3v) is 3.21. The monoisotopic (exact) mass is 211 g/mol. The van der Waals surface area contributed by atoms with Crippen LogP contribution in [0.4, 0.5) is 5.82 Å². The Morgan fingerprint density at radius 3 is 3.07 bits per heavy atom. The van der Waals surface area contributed by atoms with E-state index in [9.17, 15) is 0 Å². The van der Waals surface area contributed by atoms with Crippen LogP contribution in [0.5, 0.6) is 0 Å². The van der Waals surface area contributed by atoms with Crippen molar-refractivity contribution >= 4 is 17.6 Å². The molecule has 14 heavy (non-hydrogen) atoms. The standard InChI is InChI=1S/C9H13N3OS/c10-9-6-2-4-14-5-7(6)11-8(12-9)1-3-13/h13H,1-5H2,(H2,10,11,12). The Hall–Kier alpha value is -0.810. The van der Waals surface area contributed by atoms with Crippen molar-refractivity contribution in [2.75, 3.05) is 18.1 Å². The predicted molar refractivity (Wildman–Crippen MR) is 57.1 cm³/mol. The molecule has 0 atom stereocenters. The summed E-state index contributed by atoms with van der Waals surface area (Å²) in [5.74, 6) is 3.27. The van der Waals surface area contributed by atoms with Gasteiger partial charge in [0.1, 0.15) is 11.6 Å². The lowest BCUT2D eigenvalue weighted by Crippen LogP contribution is -2.13. The van der Waals surface area contributed by atoms with Gasteiger partial charge in [0.05, 0.1) is 12.3 Å². The van der Waals surface area contributed by atoms with Crippen molar-refractivity contribution in [2.45, 2.75) is 18.6 Å². The molecule has 76 valence electrons. The molecule has 0 bridgehead atoms. The van der Waals surface area contributed by atoms with Crippen LogP contribution in [0.1, 0.15) is 17.1 Å². The second kappa shape index (κ2) is 4.14. The normalized spacial score (nSPS) is 15.2. The maximum absolute atomic E-state index is 8.79. The van der Waals surface area contributed by atoms with Crippen LogP contribution in [0.2, 0.25) is 0 Å². The Morgan fingerprint density at radius 2 is 2.29 bits per heavy atom. The third-order valence-electron chi connectivity index (χ3n) is 2.24. The average Bonchev–Trinajstić information content (AvgIpc) is 2.18. The Bertz CT molecular complexity index is 343. The number of anilines is 1. The van der Waals surface area contributed by atoms with Crippen LogP contribution < -0.4 is 5.73 Å². The van der Waals surface area contributed by atoms with E-state index in [4.69, 9.17) is 10.8 Å². The second-order valence-corrected chi connectivity index (χ2v) is 4.33. The number of aromatic nitrogens is 2. The Morgan fingerprint density at radius 1 is 1.43 bits per heavy atom. The average molecular weight is 211 g/mol. The molecule has 1 aromatic rings. The van der Waals surface area contributed by atoms with Gasteiger partial charge >= 0.3 is 0 Å². The molecular weight excluding hydrogens is 198 g/mol. The lowest BCUT2D eigenvalue weighted by atomic mass is 10.1. The molecule has 4 nitrogen and oxygen atoms in total. The molecule has 2 heterocycles. The van der Waals surface area contributed by atoms with Gasteiger partial charge in [-0.25, -0.2) is 9.97 Å². The second-order valence-electron chi connectivity index (χ2n) is 3.23. The van der Waals surface area contributed by atoms with Crippen molar-refractivity contribution in [1.82, 2.24) is 9.97 Å². The SMILES string of the molecule is Nc1nc(CCO)nc2c1CCSC2. The van der Waals surface area contributed by atoms with Crippen LogP contribution in [-0.4, -0.2) is 27.4 Å². The maximum Gasteiger partial charge on any atom is 0.133 e. The molecule has 1 aliphatic rings. The van der Waals surface area contributed by atoms with E-state index in [-0.39, 0.29) is 6.61 Å². The fourth-order valence-corrected chi connectivity index (χ4v) is 2.47. The van der Waals surface area contributed by atoms with E-state index >= 15 is 0 Å². The summed E-state index contributed by atoms with van der Waals surface area (Å²) in [4.78, 5) is 8.57. The summed E-state index contributed by atoms with van der Waals surface area (Å²) in [6, 6.07) is 0. The highest BCUT2D eigenvalue weighted by Gasteiger charge is 2.15. The van der Waals surface area contributed by atoms with Gasteiger partial charge in [0.25, 0.3) is 0 Å². The van der Waals surface area contributed by atoms with Crippen LogP contribution in [0.3, 0.4) is 0 Å². The Kier molecular flexibility index (Phi) is 2.88. The number of rotatable bonds is 2. The van der Waals surface area contributed by atoms with Crippen molar-refractivity contribution in [1.29, 1.82) is 0 Å². The van der Waals surface area contributed by atoms with Crippen molar-refractivity contribution in [3.8, 4) is 0 Å². The quantitative estimate of drug-likeness (QED) is 0.740.